The van der Waals surface area contributed by atoms with Crippen molar-refractivity contribution in [2.24, 2.45) is 46.3 Å². The average molecular weight is 361 g/mol. The van der Waals surface area contributed by atoms with Gasteiger partial charge in [0.2, 0.25) is 0 Å². The number of hydrogen-bond acceptors (Lipinski definition) is 2. The van der Waals surface area contributed by atoms with Crippen molar-refractivity contribution in [2.45, 2.75) is 72.1 Å². The standard InChI is InChI=1S/C23H36O3/c1-4-15-6-8-19-17-7-5-16-11-18(21(25)26)14(13-24)12-23(16,3)20(17)9-10-22(15,19)2/h11,14-17,19-20,24H,4-10,12-13H2,1-3H3,(H,25,26)/t14?,15-,16-,17-,19-,20-,22+,23-/m0/s1. The van der Waals surface area contributed by atoms with E-state index >= 15 is 0 Å². The lowest BCUT2D eigenvalue weighted by Gasteiger charge is -2.60. The molecule has 26 heavy (non-hydrogen) atoms. The summed E-state index contributed by atoms with van der Waals surface area (Å²) in [6, 6.07) is 0. The van der Waals surface area contributed by atoms with Crippen molar-refractivity contribution in [1.82, 2.24) is 0 Å². The monoisotopic (exact) mass is 360 g/mol. The molecule has 1 unspecified atom stereocenters. The third-order valence-corrected chi connectivity index (χ3v) is 9.61. The summed E-state index contributed by atoms with van der Waals surface area (Å²) in [7, 11) is 0. The minimum absolute atomic E-state index is 0.0309. The zero-order valence-corrected chi connectivity index (χ0v) is 16.7. The van der Waals surface area contributed by atoms with Crippen molar-refractivity contribution in [3.63, 3.8) is 0 Å². The van der Waals surface area contributed by atoms with Gasteiger partial charge in [-0.15, -0.1) is 0 Å². The molecule has 0 heterocycles. The Kier molecular flexibility index (Phi) is 4.53. The van der Waals surface area contributed by atoms with Crippen LogP contribution in [0.25, 0.3) is 0 Å². The molecule has 3 saturated carbocycles. The first-order chi connectivity index (χ1) is 12.3. The normalized spacial score (nSPS) is 50.4. The molecule has 4 aliphatic carbocycles. The van der Waals surface area contributed by atoms with Crippen LogP contribution in [0.15, 0.2) is 11.6 Å². The summed E-state index contributed by atoms with van der Waals surface area (Å²) in [5, 5.41) is 19.4. The number of aliphatic hydroxyl groups is 1. The highest BCUT2D eigenvalue weighted by Gasteiger charge is 2.60. The van der Waals surface area contributed by atoms with Gasteiger partial charge in [-0.25, -0.2) is 4.79 Å². The van der Waals surface area contributed by atoms with Gasteiger partial charge in [0.25, 0.3) is 0 Å². The molecular formula is C23H36O3. The molecule has 0 radical (unpaired) electrons. The Hall–Kier alpha value is -0.830. The van der Waals surface area contributed by atoms with Crippen LogP contribution in [0.1, 0.15) is 72.1 Å². The highest BCUT2D eigenvalue weighted by Crippen LogP contribution is 2.67. The van der Waals surface area contributed by atoms with Crippen LogP contribution in [0, 0.1) is 46.3 Å². The molecule has 3 heteroatoms. The van der Waals surface area contributed by atoms with Gasteiger partial charge in [0.15, 0.2) is 0 Å². The van der Waals surface area contributed by atoms with Gasteiger partial charge in [-0.1, -0.05) is 33.3 Å². The molecule has 0 amide bonds. The number of allylic oxidation sites excluding steroid dienone is 1. The first-order valence-electron chi connectivity index (χ1n) is 10.9. The lowest BCUT2D eigenvalue weighted by atomic mass is 9.44. The van der Waals surface area contributed by atoms with E-state index in [1.165, 1.54) is 38.5 Å². The van der Waals surface area contributed by atoms with E-state index in [1.807, 2.05) is 6.08 Å². The largest absolute Gasteiger partial charge is 0.478 e. The van der Waals surface area contributed by atoms with Crippen molar-refractivity contribution < 1.29 is 15.0 Å². The predicted octanol–water partition coefficient (Wildman–Crippen LogP) is 4.89. The van der Waals surface area contributed by atoms with Crippen LogP contribution in [-0.2, 0) is 4.79 Å². The molecule has 3 fully saturated rings. The SMILES string of the molecule is CC[C@H]1CC[C@H]2[C@@H]3CC[C@H]4C=C(C(=O)O)C(CO)C[C@]4(C)[C@H]3CC[C@]12C. The number of rotatable bonds is 3. The fraction of sp³-hybridized carbons (Fsp3) is 0.870. The van der Waals surface area contributed by atoms with Gasteiger partial charge in [0, 0.05) is 11.5 Å². The fourth-order valence-corrected chi connectivity index (χ4v) is 8.24. The maximum absolute atomic E-state index is 11.7. The Morgan fingerprint density at radius 2 is 1.85 bits per heavy atom. The minimum atomic E-state index is -0.828. The summed E-state index contributed by atoms with van der Waals surface area (Å²) in [5.74, 6) is 2.64. The van der Waals surface area contributed by atoms with Crippen molar-refractivity contribution in [3.05, 3.63) is 11.6 Å². The topological polar surface area (TPSA) is 57.5 Å². The molecule has 146 valence electrons. The molecule has 4 rings (SSSR count). The molecule has 0 aromatic rings. The number of aliphatic carboxylic acids is 1. The quantitative estimate of drug-likeness (QED) is 0.753. The molecule has 0 saturated heterocycles. The van der Waals surface area contributed by atoms with Gasteiger partial charge < -0.3 is 10.2 Å². The van der Waals surface area contributed by atoms with E-state index in [0.717, 1.165) is 30.6 Å². The van der Waals surface area contributed by atoms with Gasteiger partial charge in [0.05, 0.1) is 6.61 Å². The van der Waals surface area contributed by atoms with Crippen LogP contribution < -0.4 is 0 Å². The van der Waals surface area contributed by atoms with Crippen LogP contribution in [0.3, 0.4) is 0 Å². The average Bonchev–Trinajstić information content (AvgIpc) is 2.96. The molecule has 3 nitrogen and oxygen atoms in total. The van der Waals surface area contributed by atoms with Crippen LogP contribution in [-0.4, -0.2) is 22.8 Å². The number of hydrogen-bond donors (Lipinski definition) is 2. The third kappa shape index (κ3) is 2.45. The number of carbonyl (C=O) groups is 1. The summed E-state index contributed by atoms with van der Waals surface area (Å²) in [6.45, 7) is 7.33. The Bertz CT molecular complexity index is 611. The molecule has 0 spiro atoms. The predicted molar refractivity (Wildman–Crippen MR) is 103 cm³/mol. The molecule has 8 atom stereocenters. The molecule has 4 aliphatic rings. The molecule has 0 bridgehead atoms. The van der Waals surface area contributed by atoms with E-state index in [-0.39, 0.29) is 17.9 Å². The molecule has 2 N–H and O–H groups in total. The van der Waals surface area contributed by atoms with Gasteiger partial charge in [-0.3, -0.25) is 0 Å². The van der Waals surface area contributed by atoms with Crippen molar-refractivity contribution in [1.29, 1.82) is 0 Å². The second-order valence-corrected chi connectivity index (χ2v) is 10.3. The Morgan fingerprint density at radius 1 is 1.12 bits per heavy atom. The highest BCUT2D eigenvalue weighted by atomic mass is 16.4. The highest BCUT2D eigenvalue weighted by molar-refractivity contribution is 5.87. The van der Waals surface area contributed by atoms with Crippen LogP contribution >= 0.6 is 0 Å². The number of carboxylic acids is 1. The zero-order chi connectivity index (χ0) is 18.7. The van der Waals surface area contributed by atoms with Gasteiger partial charge in [-0.05, 0) is 85.4 Å². The first-order valence-corrected chi connectivity index (χ1v) is 10.9. The third-order valence-electron chi connectivity index (χ3n) is 9.61. The van der Waals surface area contributed by atoms with Crippen molar-refractivity contribution in [3.8, 4) is 0 Å². The van der Waals surface area contributed by atoms with Crippen LogP contribution in [0.5, 0.6) is 0 Å². The summed E-state index contributed by atoms with van der Waals surface area (Å²) in [4.78, 5) is 11.7. The number of carboxylic acid groups (broad SMARTS) is 1. The summed E-state index contributed by atoms with van der Waals surface area (Å²) in [5.41, 5.74) is 1.17. The van der Waals surface area contributed by atoms with Crippen molar-refractivity contribution >= 4 is 5.97 Å². The first kappa shape index (κ1) is 18.5. The number of fused-ring (bicyclic) bond motifs is 5. The summed E-state index contributed by atoms with van der Waals surface area (Å²) >= 11 is 0. The van der Waals surface area contributed by atoms with Gasteiger partial charge in [-0.2, -0.15) is 0 Å². The second-order valence-electron chi connectivity index (χ2n) is 10.3. The lowest BCUT2D eigenvalue weighted by molar-refractivity contribution is -0.135. The van der Waals surface area contributed by atoms with Gasteiger partial charge >= 0.3 is 5.97 Å². The van der Waals surface area contributed by atoms with E-state index in [9.17, 15) is 15.0 Å². The van der Waals surface area contributed by atoms with E-state index in [4.69, 9.17) is 0 Å². The lowest BCUT2D eigenvalue weighted by Crippen LogP contribution is -2.53. The summed E-state index contributed by atoms with van der Waals surface area (Å²) in [6.07, 6.45) is 12.1. The Balaban J connectivity index is 1.65. The molecular weight excluding hydrogens is 324 g/mol. The van der Waals surface area contributed by atoms with E-state index in [0.29, 0.717) is 22.8 Å². The molecule has 0 aliphatic heterocycles. The van der Waals surface area contributed by atoms with E-state index in [2.05, 4.69) is 20.8 Å². The Morgan fingerprint density at radius 3 is 2.50 bits per heavy atom. The maximum Gasteiger partial charge on any atom is 0.331 e. The number of aliphatic hydroxyl groups excluding tert-OH is 1. The molecule has 0 aromatic heterocycles. The minimum Gasteiger partial charge on any atom is -0.478 e. The maximum atomic E-state index is 11.7. The fourth-order valence-electron chi connectivity index (χ4n) is 8.24. The van der Waals surface area contributed by atoms with Gasteiger partial charge in [0.1, 0.15) is 0 Å². The Labute approximate surface area is 158 Å². The smallest absolute Gasteiger partial charge is 0.331 e. The zero-order valence-electron chi connectivity index (χ0n) is 16.7. The van der Waals surface area contributed by atoms with Crippen LogP contribution in [0.4, 0.5) is 0 Å². The second kappa shape index (κ2) is 6.36. The summed E-state index contributed by atoms with van der Waals surface area (Å²) < 4.78 is 0. The van der Waals surface area contributed by atoms with E-state index < -0.39 is 5.97 Å². The van der Waals surface area contributed by atoms with Crippen LogP contribution in [0.2, 0.25) is 0 Å². The molecule has 0 aromatic carbocycles. The van der Waals surface area contributed by atoms with Crippen molar-refractivity contribution in [2.75, 3.05) is 6.61 Å². The van der Waals surface area contributed by atoms with E-state index in [1.54, 1.807) is 0 Å².